The number of hydrogen-bond donors (Lipinski definition) is 1. The van der Waals surface area contributed by atoms with Gasteiger partial charge < -0.3 is 4.98 Å². The van der Waals surface area contributed by atoms with E-state index in [1.165, 1.54) is 5.56 Å². The van der Waals surface area contributed by atoms with Crippen LogP contribution in [0.4, 0.5) is 0 Å². The highest BCUT2D eigenvalue weighted by atomic mass is 35.5. The van der Waals surface area contributed by atoms with E-state index in [0.29, 0.717) is 10.4 Å². The standard InChI is InChI=1S/C11H10Cl2N2/c12-10-9(14-11(13)15-10)7-6-8-4-2-1-3-5-8/h1-5H,6-7H2,(H,14,15). The third kappa shape index (κ3) is 2.74. The average molecular weight is 241 g/mol. The molecule has 78 valence electrons. The van der Waals surface area contributed by atoms with Gasteiger partial charge in [-0.1, -0.05) is 41.9 Å². The van der Waals surface area contributed by atoms with E-state index >= 15 is 0 Å². The van der Waals surface area contributed by atoms with E-state index in [-0.39, 0.29) is 0 Å². The van der Waals surface area contributed by atoms with Gasteiger partial charge in [-0.25, -0.2) is 4.98 Å². The zero-order chi connectivity index (χ0) is 10.7. The molecule has 0 bridgehead atoms. The molecule has 0 aliphatic heterocycles. The van der Waals surface area contributed by atoms with Crippen molar-refractivity contribution in [3.63, 3.8) is 0 Å². The Morgan fingerprint density at radius 2 is 1.80 bits per heavy atom. The molecule has 0 unspecified atom stereocenters. The van der Waals surface area contributed by atoms with E-state index in [9.17, 15) is 0 Å². The Hall–Kier alpha value is -0.990. The molecule has 0 spiro atoms. The summed E-state index contributed by atoms with van der Waals surface area (Å²) in [5, 5.41) is 0.819. The molecule has 0 aliphatic carbocycles. The molecular weight excluding hydrogens is 231 g/mol. The maximum atomic E-state index is 5.88. The van der Waals surface area contributed by atoms with Crippen LogP contribution < -0.4 is 0 Å². The van der Waals surface area contributed by atoms with Gasteiger partial charge in [-0.15, -0.1) is 0 Å². The van der Waals surface area contributed by atoms with Crippen LogP contribution in [-0.4, -0.2) is 9.97 Å². The van der Waals surface area contributed by atoms with E-state index in [0.717, 1.165) is 18.5 Å². The molecule has 2 nitrogen and oxygen atoms in total. The van der Waals surface area contributed by atoms with E-state index in [1.807, 2.05) is 18.2 Å². The lowest BCUT2D eigenvalue weighted by Crippen LogP contribution is -1.91. The Morgan fingerprint density at radius 1 is 1.07 bits per heavy atom. The second-order valence-electron chi connectivity index (χ2n) is 3.28. The third-order valence-electron chi connectivity index (χ3n) is 2.21. The van der Waals surface area contributed by atoms with E-state index in [1.54, 1.807) is 0 Å². The van der Waals surface area contributed by atoms with Crippen molar-refractivity contribution in [2.75, 3.05) is 0 Å². The topological polar surface area (TPSA) is 28.7 Å². The van der Waals surface area contributed by atoms with Crippen molar-refractivity contribution in [3.05, 3.63) is 52.0 Å². The van der Waals surface area contributed by atoms with Crippen molar-refractivity contribution in [2.24, 2.45) is 0 Å². The Labute approximate surface area is 98.3 Å². The SMILES string of the molecule is Clc1nc(Cl)c(CCc2ccccc2)[nH]1. The Kier molecular flexibility index (Phi) is 3.29. The minimum atomic E-state index is 0.350. The molecule has 1 N–H and O–H groups in total. The van der Waals surface area contributed by atoms with Crippen LogP contribution in [0.1, 0.15) is 11.3 Å². The molecule has 0 fully saturated rings. The largest absolute Gasteiger partial charge is 0.331 e. The quantitative estimate of drug-likeness (QED) is 0.875. The first kappa shape index (κ1) is 10.5. The van der Waals surface area contributed by atoms with Gasteiger partial charge in [0.1, 0.15) is 0 Å². The van der Waals surface area contributed by atoms with Crippen LogP contribution in [0.25, 0.3) is 0 Å². The summed E-state index contributed by atoms with van der Waals surface area (Å²) in [6, 6.07) is 10.2. The molecule has 0 saturated heterocycles. The van der Waals surface area contributed by atoms with E-state index in [2.05, 4.69) is 22.1 Å². The zero-order valence-corrected chi connectivity index (χ0v) is 9.52. The van der Waals surface area contributed by atoms with Gasteiger partial charge >= 0.3 is 0 Å². The van der Waals surface area contributed by atoms with Crippen LogP contribution in [0, 0.1) is 0 Å². The molecule has 1 aromatic carbocycles. The lowest BCUT2D eigenvalue weighted by atomic mass is 10.1. The number of aromatic nitrogens is 2. The molecule has 0 saturated carbocycles. The molecule has 4 heteroatoms. The van der Waals surface area contributed by atoms with Crippen LogP contribution >= 0.6 is 23.2 Å². The smallest absolute Gasteiger partial charge is 0.201 e. The number of imidazole rings is 1. The number of H-pyrrole nitrogens is 1. The lowest BCUT2D eigenvalue weighted by Gasteiger charge is -1.99. The molecular formula is C11H10Cl2N2. The van der Waals surface area contributed by atoms with Crippen molar-refractivity contribution >= 4 is 23.2 Å². The first-order valence-corrected chi connectivity index (χ1v) is 5.45. The van der Waals surface area contributed by atoms with Crippen molar-refractivity contribution in [3.8, 4) is 0 Å². The summed E-state index contributed by atoms with van der Waals surface area (Å²) in [5.74, 6) is 0. The van der Waals surface area contributed by atoms with Crippen LogP contribution in [0.15, 0.2) is 30.3 Å². The van der Waals surface area contributed by atoms with Crippen LogP contribution in [-0.2, 0) is 12.8 Å². The fraction of sp³-hybridized carbons (Fsp3) is 0.182. The summed E-state index contributed by atoms with van der Waals surface area (Å²) in [6.45, 7) is 0. The van der Waals surface area contributed by atoms with Gasteiger partial charge in [0.15, 0.2) is 5.15 Å². The van der Waals surface area contributed by atoms with Crippen molar-refractivity contribution in [2.45, 2.75) is 12.8 Å². The highest BCUT2D eigenvalue weighted by Crippen LogP contribution is 2.17. The van der Waals surface area contributed by atoms with E-state index in [4.69, 9.17) is 23.2 Å². The summed E-state index contributed by atoms with van der Waals surface area (Å²) in [7, 11) is 0. The summed E-state index contributed by atoms with van der Waals surface area (Å²) in [5.41, 5.74) is 2.17. The monoisotopic (exact) mass is 240 g/mol. The number of halogens is 2. The van der Waals surface area contributed by atoms with Gasteiger partial charge in [-0.05, 0) is 30.0 Å². The summed E-state index contributed by atoms with van der Waals surface area (Å²) in [4.78, 5) is 6.84. The summed E-state index contributed by atoms with van der Waals surface area (Å²) in [6.07, 6.45) is 1.75. The van der Waals surface area contributed by atoms with Crippen LogP contribution in [0.5, 0.6) is 0 Å². The maximum absolute atomic E-state index is 5.88. The average Bonchev–Trinajstić information content (AvgIpc) is 2.56. The van der Waals surface area contributed by atoms with Gasteiger partial charge in [0.25, 0.3) is 0 Å². The highest BCUT2D eigenvalue weighted by Gasteiger charge is 2.06. The normalized spacial score (nSPS) is 10.5. The lowest BCUT2D eigenvalue weighted by molar-refractivity contribution is 0.926. The molecule has 2 rings (SSSR count). The molecule has 1 heterocycles. The van der Waals surface area contributed by atoms with Gasteiger partial charge in [-0.2, -0.15) is 0 Å². The Bertz CT molecular complexity index is 437. The van der Waals surface area contributed by atoms with Crippen molar-refractivity contribution in [1.29, 1.82) is 0 Å². The second-order valence-corrected chi connectivity index (χ2v) is 4.00. The molecule has 2 aromatic rings. The summed E-state index contributed by atoms with van der Waals surface area (Å²) >= 11 is 11.6. The number of nitrogens with zero attached hydrogens (tertiary/aromatic N) is 1. The number of nitrogens with one attached hydrogen (secondary N) is 1. The Balaban J connectivity index is 2.02. The van der Waals surface area contributed by atoms with Crippen LogP contribution in [0.2, 0.25) is 10.4 Å². The van der Waals surface area contributed by atoms with E-state index < -0.39 is 0 Å². The van der Waals surface area contributed by atoms with Gasteiger partial charge in [0.2, 0.25) is 5.28 Å². The minimum absolute atomic E-state index is 0.350. The number of benzene rings is 1. The maximum Gasteiger partial charge on any atom is 0.201 e. The first-order valence-electron chi connectivity index (χ1n) is 4.69. The second kappa shape index (κ2) is 4.69. The van der Waals surface area contributed by atoms with Crippen molar-refractivity contribution in [1.82, 2.24) is 9.97 Å². The van der Waals surface area contributed by atoms with Crippen molar-refractivity contribution < 1.29 is 0 Å². The molecule has 0 radical (unpaired) electrons. The minimum Gasteiger partial charge on any atom is -0.331 e. The third-order valence-corrected chi connectivity index (χ3v) is 2.70. The first-order chi connectivity index (χ1) is 7.25. The number of aromatic amines is 1. The highest BCUT2D eigenvalue weighted by molar-refractivity contribution is 6.32. The number of aryl methyl sites for hydroxylation is 2. The van der Waals surface area contributed by atoms with Gasteiger partial charge in [0, 0.05) is 0 Å². The molecule has 0 amide bonds. The molecule has 15 heavy (non-hydrogen) atoms. The summed E-state index contributed by atoms with van der Waals surface area (Å²) < 4.78 is 0. The predicted octanol–water partition coefficient (Wildman–Crippen LogP) is 3.50. The molecule has 0 aliphatic rings. The fourth-order valence-corrected chi connectivity index (χ4v) is 1.91. The molecule has 1 aromatic heterocycles. The van der Waals surface area contributed by atoms with Crippen LogP contribution in [0.3, 0.4) is 0 Å². The Morgan fingerprint density at radius 3 is 2.40 bits per heavy atom. The number of rotatable bonds is 3. The zero-order valence-electron chi connectivity index (χ0n) is 8.00. The number of hydrogen-bond acceptors (Lipinski definition) is 1. The fourth-order valence-electron chi connectivity index (χ4n) is 1.44. The van der Waals surface area contributed by atoms with Gasteiger partial charge in [-0.3, -0.25) is 0 Å². The van der Waals surface area contributed by atoms with Gasteiger partial charge in [0.05, 0.1) is 5.69 Å². The predicted molar refractivity (Wildman–Crippen MR) is 62.5 cm³/mol. The molecule has 0 atom stereocenters.